The highest BCUT2D eigenvalue weighted by molar-refractivity contribution is 7.18. The highest BCUT2D eigenvalue weighted by Gasteiger charge is 2.20. The number of methoxy groups -OCH3 is 1. The lowest BCUT2D eigenvalue weighted by atomic mass is 10.2. The van der Waals surface area contributed by atoms with Crippen LogP contribution >= 0.6 is 11.3 Å². The summed E-state index contributed by atoms with van der Waals surface area (Å²) in [6.45, 7) is 5.99. The lowest BCUT2D eigenvalue weighted by molar-refractivity contribution is -0.117. The SMILES string of the molecule is COc1cccc(NC(=O)CN(C)C(C)c2nc3sc(C)c(C)c3c(=O)[nH]2)c1. The van der Waals surface area contributed by atoms with Crippen molar-refractivity contribution in [2.45, 2.75) is 26.8 Å². The number of H-pyrrole nitrogens is 1. The molecule has 0 aliphatic rings. The Morgan fingerprint density at radius 2 is 2.14 bits per heavy atom. The van der Waals surface area contributed by atoms with E-state index >= 15 is 0 Å². The first-order valence-corrected chi connectivity index (χ1v) is 9.76. The molecule has 0 fully saturated rings. The quantitative estimate of drug-likeness (QED) is 0.663. The summed E-state index contributed by atoms with van der Waals surface area (Å²) in [5.41, 5.74) is 1.50. The number of carbonyl (C=O) groups excluding carboxylic acids is 1. The molecule has 0 spiro atoms. The van der Waals surface area contributed by atoms with E-state index < -0.39 is 0 Å². The Kier molecular flexibility index (Phi) is 5.81. The number of hydrogen-bond acceptors (Lipinski definition) is 6. The van der Waals surface area contributed by atoms with Crippen molar-refractivity contribution in [1.29, 1.82) is 0 Å². The topological polar surface area (TPSA) is 87.3 Å². The van der Waals surface area contributed by atoms with Gasteiger partial charge < -0.3 is 15.0 Å². The molecule has 0 radical (unpaired) electrons. The maximum Gasteiger partial charge on any atom is 0.259 e. The standard InChI is InChI=1S/C20H24N4O3S/c1-11-13(3)28-20-17(11)19(26)22-18(23-20)12(2)24(4)10-16(25)21-14-7-6-8-15(9-14)27-5/h6-9,12H,10H2,1-5H3,(H,21,25)(H,22,23,26). The summed E-state index contributed by atoms with van der Waals surface area (Å²) in [5.74, 6) is 1.07. The second kappa shape index (κ2) is 8.12. The van der Waals surface area contributed by atoms with Crippen LogP contribution in [0.5, 0.6) is 5.75 Å². The molecule has 0 saturated carbocycles. The number of nitrogens with one attached hydrogen (secondary N) is 2. The summed E-state index contributed by atoms with van der Waals surface area (Å²) in [7, 11) is 3.41. The molecule has 8 heteroatoms. The Hall–Kier alpha value is -2.71. The number of likely N-dealkylation sites (N-methyl/N-ethyl adjacent to an activating group) is 1. The summed E-state index contributed by atoms with van der Waals surface area (Å²) >= 11 is 1.51. The fourth-order valence-electron chi connectivity index (χ4n) is 2.94. The van der Waals surface area contributed by atoms with E-state index in [1.807, 2.05) is 44.9 Å². The molecule has 1 aromatic carbocycles. The molecule has 0 saturated heterocycles. The maximum absolute atomic E-state index is 12.5. The highest BCUT2D eigenvalue weighted by Crippen LogP contribution is 2.27. The molecular formula is C20H24N4O3S. The van der Waals surface area contributed by atoms with Gasteiger partial charge in [0.05, 0.1) is 25.1 Å². The number of thiophene rings is 1. The van der Waals surface area contributed by atoms with Gasteiger partial charge in [0.2, 0.25) is 5.91 Å². The molecule has 2 N–H and O–H groups in total. The van der Waals surface area contributed by atoms with Crippen LogP contribution in [0.3, 0.4) is 0 Å². The molecule has 3 aromatic rings. The number of aromatic amines is 1. The van der Waals surface area contributed by atoms with Gasteiger partial charge in [-0.1, -0.05) is 6.07 Å². The van der Waals surface area contributed by atoms with Crippen LogP contribution in [0.2, 0.25) is 0 Å². The van der Waals surface area contributed by atoms with Crippen molar-refractivity contribution in [1.82, 2.24) is 14.9 Å². The van der Waals surface area contributed by atoms with Crippen LogP contribution in [-0.4, -0.2) is 41.5 Å². The predicted molar refractivity (Wildman–Crippen MR) is 112 cm³/mol. The van der Waals surface area contributed by atoms with E-state index in [1.165, 1.54) is 11.3 Å². The van der Waals surface area contributed by atoms with Crippen molar-refractivity contribution in [2.24, 2.45) is 0 Å². The van der Waals surface area contributed by atoms with Crippen molar-refractivity contribution in [3.05, 3.63) is 50.9 Å². The van der Waals surface area contributed by atoms with E-state index in [0.29, 0.717) is 22.6 Å². The third-order valence-corrected chi connectivity index (χ3v) is 5.96. The van der Waals surface area contributed by atoms with E-state index in [0.717, 1.165) is 15.3 Å². The fourth-order valence-corrected chi connectivity index (χ4v) is 3.98. The summed E-state index contributed by atoms with van der Waals surface area (Å²) in [6, 6.07) is 6.97. The molecule has 148 valence electrons. The fraction of sp³-hybridized carbons (Fsp3) is 0.350. The molecule has 2 heterocycles. The van der Waals surface area contributed by atoms with Crippen molar-refractivity contribution >= 4 is 33.1 Å². The molecular weight excluding hydrogens is 376 g/mol. The smallest absolute Gasteiger partial charge is 0.259 e. The Balaban J connectivity index is 1.73. The number of aromatic nitrogens is 2. The molecule has 1 atom stereocenters. The van der Waals surface area contributed by atoms with Gasteiger partial charge in [-0.3, -0.25) is 14.5 Å². The summed E-state index contributed by atoms with van der Waals surface area (Å²) in [4.78, 5) is 36.0. The van der Waals surface area contributed by atoms with Gasteiger partial charge in [-0.15, -0.1) is 11.3 Å². The van der Waals surface area contributed by atoms with Crippen molar-refractivity contribution in [3.8, 4) is 5.75 Å². The average Bonchev–Trinajstić information content (AvgIpc) is 2.95. The zero-order chi connectivity index (χ0) is 20.4. The van der Waals surface area contributed by atoms with Gasteiger partial charge in [-0.25, -0.2) is 4.98 Å². The number of anilines is 1. The van der Waals surface area contributed by atoms with Gasteiger partial charge in [0.15, 0.2) is 0 Å². The lowest BCUT2D eigenvalue weighted by Gasteiger charge is -2.23. The third kappa shape index (κ3) is 4.07. The van der Waals surface area contributed by atoms with E-state index in [2.05, 4.69) is 15.3 Å². The zero-order valence-corrected chi connectivity index (χ0v) is 17.4. The number of amides is 1. The van der Waals surface area contributed by atoms with Gasteiger partial charge >= 0.3 is 0 Å². The molecule has 7 nitrogen and oxygen atoms in total. The predicted octanol–water partition coefficient (Wildman–Crippen LogP) is 3.24. The Morgan fingerprint density at radius 3 is 2.86 bits per heavy atom. The molecule has 3 rings (SSSR count). The molecule has 0 aliphatic carbocycles. The van der Waals surface area contributed by atoms with Crippen LogP contribution in [0, 0.1) is 13.8 Å². The molecule has 0 bridgehead atoms. The summed E-state index contributed by atoms with van der Waals surface area (Å²) in [5, 5.41) is 3.50. The number of nitrogens with zero attached hydrogens (tertiary/aromatic N) is 2. The van der Waals surface area contributed by atoms with Crippen LogP contribution < -0.4 is 15.6 Å². The van der Waals surface area contributed by atoms with Crippen LogP contribution in [0.15, 0.2) is 29.1 Å². The Morgan fingerprint density at radius 1 is 1.39 bits per heavy atom. The molecule has 28 heavy (non-hydrogen) atoms. The van der Waals surface area contributed by atoms with Crippen LogP contribution in [0.4, 0.5) is 5.69 Å². The highest BCUT2D eigenvalue weighted by atomic mass is 32.1. The Bertz CT molecular complexity index is 1070. The second-order valence-corrected chi connectivity index (χ2v) is 7.99. The van der Waals surface area contributed by atoms with Gasteiger partial charge in [-0.2, -0.15) is 0 Å². The first-order chi connectivity index (χ1) is 13.3. The van der Waals surface area contributed by atoms with E-state index in [4.69, 9.17) is 4.74 Å². The van der Waals surface area contributed by atoms with Crippen molar-refractivity contribution in [2.75, 3.05) is 26.0 Å². The largest absolute Gasteiger partial charge is 0.497 e. The number of hydrogen-bond donors (Lipinski definition) is 2. The number of carbonyl (C=O) groups is 1. The average molecular weight is 401 g/mol. The van der Waals surface area contributed by atoms with Gasteiger partial charge in [-0.05, 0) is 45.5 Å². The molecule has 1 unspecified atom stereocenters. The maximum atomic E-state index is 12.5. The van der Waals surface area contributed by atoms with Crippen molar-refractivity contribution < 1.29 is 9.53 Å². The van der Waals surface area contributed by atoms with Gasteiger partial charge in [0.25, 0.3) is 5.56 Å². The lowest BCUT2D eigenvalue weighted by Crippen LogP contribution is -2.33. The normalized spacial score (nSPS) is 12.4. The first-order valence-electron chi connectivity index (χ1n) is 8.94. The monoisotopic (exact) mass is 400 g/mol. The number of rotatable bonds is 6. The van der Waals surface area contributed by atoms with E-state index in [9.17, 15) is 9.59 Å². The minimum atomic E-state index is -0.226. The minimum absolute atomic E-state index is 0.136. The summed E-state index contributed by atoms with van der Waals surface area (Å²) < 4.78 is 5.17. The van der Waals surface area contributed by atoms with Crippen LogP contribution in [-0.2, 0) is 4.79 Å². The Labute approximate surface area is 167 Å². The first kappa shape index (κ1) is 20.0. The summed E-state index contributed by atoms with van der Waals surface area (Å²) in [6.07, 6.45) is 0. The number of benzene rings is 1. The van der Waals surface area contributed by atoms with Crippen LogP contribution in [0.25, 0.3) is 10.2 Å². The minimum Gasteiger partial charge on any atom is -0.497 e. The van der Waals surface area contributed by atoms with Crippen molar-refractivity contribution in [3.63, 3.8) is 0 Å². The molecule has 1 amide bonds. The number of fused-ring (bicyclic) bond motifs is 1. The number of ether oxygens (including phenoxy) is 1. The number of aryl methyl sites for hydroxylation is 2. The molecule has 0 aliphatic heterocycles. The zero-order valence-electron chi connectivity index (χ0n) is 16.6. The van der Waals surface area contributed by atoms with E-state index in [1.54, 1.807) is 19.2 Å². The van der Waals surface area contributed by atoms with E-state index in [-0.39, 0.29) is 24.1 Å². The third-order valence-electron chi connectivity index (χ3n) is 4.86. The van der Waals surface area contributed by atoms with Crippen LogP contribution in [0.1, 0.15) is 29.2 Å². The van der Waals surface area contributed by atoms with Gasteiger partial charge in [0, 0.05) is 16.6 Å². The van der Waals surface area contributed by atoms with Gasteiger partial charge in [0.1, 0.15) is 16.4 Å². The second-order valence-electron chi connectivity index (χ2n) is 6.79. The molecule has 2 aromatic heterocycles.